The van der Waals surface area contributed by atoms with Crippen LogP contribution < -0.4 is 4.90 Å². The highest BCUT2D eigenvalue weighted by molar-refractivity contribution is 6.32. The third-order valence-corrected chi connectivity index (χ3v) is 2.26. The molecule has 1 heterocycles. The summed E-state index contributed by atoms with van der Waals surface area (Å²) in [6, 6.07) is 3.49. The van der Waals surface area contributed by atoms with Crippen LogP contribution in [0.5, 0.6) is 0 Å². The first-order chi connectivity index (χ1) is 7.19. The van der Waals surface area contributed by atoms with Gasteiger partial charge in [-0.1, -0.05) is 11.6 Å². The lowest BCUT2D eigenvalue weighted by atomic mass is 10.4. The van der Waals surface area contributed by atoms with Gasteiger partial charge in [0.05, 0.1) is 12.1 Å². The average molecular weight is 229 g/mol. The van der Waals surface area contributed by atoms with Crippen LogP contribution in [0, 0.1) is 0 Å². The molecule has 0 aromatic carbocycles. The minimum absolute atomic E-state index is 0.156. The molecular formula is C10H13ClN2O2. The molecule has 0 aliphatic carbocycles. The number of esters is 1. The predicted octanol–water partition coefficient (Wildman–Crippen LogP) is 1.73. The van der Waals surface area contributed by atoms with Gasteiger partial charge in [-0.15, -0.1) is 0 Å². The highest BCUT2D eigenvalue weighted by atomic mass is 35.5. The fourth-order valence-corrected chi connectivity index (χ4v) is 1.41. The fourth-order valence-electron chi connectivity index (χ4n) is 1.17. The minimum Gasteiger partial charge on any atom is -0.468 e. The number of aromatic nitrogens is 1. The summed E-state index contributed by atoms with van der Waals surface area (Å²) in [6.45, 7) is 2.73. The molecule has 1 rings (SSSR count). The molecule has 4 nitrogen and oxygen atoms in total. The number of hydrogen-bond acceptors (Lipinski definition) is 4. The van der Waals surface area contributed by atoms with E-state index in [-0.39, 0.29) is 12.5 Å². The molecular weight excluding hydrogens is 216 g/mol. The molecule has 0 N–H and O–H groups in total. The molecule has 0 aliphatic heterocycles. The Morgan fingerprint density at radius 1 is 1.67 bits per heavy atom. The highest BCUT2D eigenvalue weighted by Crippen LogP contribution is 2.21. The van der Waals surface area contributed by atoms with Crippen molar-refractivity contribution in [3.05, 3.63) is 23.4 Å². The van der Waals surface area contributed by atoms with Gasteiger partial charge in [-0.05, 0) is 19.1 Å². The van der Waals surface area contributed by atoms with Gasteiger partial charge in [0, 0.05) is 12.7 Å². The van der Waals surface area contributed by atoms with Crippen LogP contribution in [0.4, 0.5) is 5.82 Å². The molecule has 0 fully saturated rings. The van der Waals surface area contributed by atoms with E-state index in [0.717, 1.165) is 0 Å². The van der Waals surface area contributed by atoms with Crippen molar-refractivity contribution >= 4 is 23.4 Å². The number of methoxy groups -OCH3 is 1. The van der Waals surface area contributed by atoms with Crippen LogP contribution in [0.1, 0.15) is 6.92 Å². The largest absolute Gasteiger partial charge is 0.468 e. The zero-order chi connectivity index (χ0) is 11.3. The summed E-state index contributed by atoms with van der Waals surface area (Å²) in [7, 11) is 1.36. The number of anilines is 1. The van der Waals surface area contributed by atoms with E-state index >= 15 is 0 Å². The topological polar surface area (TPSA) is 42.4 Å². The fraction of sp³-hybridized carbons (Fsp3) is 0.400. The van der Waals surface area contributed by atoms with Gasteiger partial charge in [-0.2, -0.15) is 0 Å². The molecule has 5 heteroatoms. The first-order valence-corrected chi connectivity index (χ1v) is 4.99. The Hall–Kier alpha value is -1.29. The molecule has 1 aromatic heterocycles. The van der Waals surface area contributed by atoms with Crippen molar-refractivity contribution in [3.8, 4) is 0 Å². The van der Waals surface area contributed by atoms with Crippen molar-refractivity contribution in [1.82, 2.24) is 4.98 Å². The van der Waals surface area contributed by atoms with Crippen LogP contribution in [0.2, 0.25) is 5.02 Å². The molecule has 0 atom stereocenters. The molecule has 0 bridgehead atoms. The van der Waals surface area contributed by atoms with Crippen LogP contribution in [-0.4, -0.2) is 31.2 Å². The standard InChI is InChI=1S/C10H13ClN2O2/c1-3-13(7-9(14)15-2)10-8(11)5-4-6-12-10/h4-6H,3,7H2,1-2H3. The monoisotopic (exact) mass is 228 g/mol. The number of halogens is 1. The van der Waals surface area contributed by atoms with E-state index in [1.165, 1.54) is 7.11 Å². The smallest absolute Gasteiger partial charge is 0.325 e. The maximum atomic E-state index is 11.1. The maximum absolute atomic E-state index is 11.1. The van der Waals surface area contributed by atoms with E-state index < -0.39 is 0 Å². The molecule has 0 saturated carbocycles. The number of pyridine rings is 1. The zero-order valence-corrected chi connectivity index (χ0v) is 9.49. The van der Waals surface area contributed by atoms with Crippen LogP contribution in [0.15, 0.2) is 18.3 Å². The van der Waals surface area contributed by atoms with E-state index in [9.17, 15) is 4.79 Å². The Kier molecular flexibility index (Phi) is 4.37. The van der Waals surface area contributed by atoms with Crippen LogP contribution in [-0.2, 0) is 9.53 Å². The molecule has 0 spiro atoms. The number of carbonyl (C=O) groups is 1. The predicted molar refractivity (Wildman–Crippen MR) is 59.2 cm³/mol. The van der Waals surface area contributed by atoms with E-state index in [4.69, 9.17) is 11.6 Å². The lowest BCUT2D eigenvalue weighted by Gasteiger charge is -2.21. The Balaban J connectivity index is 2.83. The Morgan fingerprint density at radius 3 is 2.93 bits per heavy atom. The van der Waals surface area contributed by atoms with Crippen molar-refractivity contribution in [2.45, 2.75) is 6.92 Å². The van der Waals surface area contributed by atoms with Crippen molar-refractivity contribution in [2.75, 3.05) is 25.1 Å². The van der Waals surface area contributed by atoms with Gasteiger partial charge >= 0.3 is 5.97 Å². The van der Waals surface area contributed by atoms with Gasteiger partial charge in [0.15, 0.2) is 0 Å². The van der Waals surface area contributed by atoms with Gasteiger partial charge in [0.25, 0.3) is 0 Å². The van der Waals surface area contributed by atoms with Crippen LogP contribution in [0.3, 0.4) is 0 Å². The average Bonchev–Trinajstić information content (AvgIpc) is 2.26. The van der Waals surface area contributed by atoms with E-state index in [0.29, 0.717) is 17.4 Å². The summed E-state index contributed by atoms with van der Waals surface area (Å²) in [4.78, 5) is 17.0. The first-order valence-electron chi connectivity index (χ1n) is 4.61. The second-order valence-corrected chi connectivity index (χ2v) is 3.31. The van der Waals surface area contributed by atoms with E-state index in [1.54, 1.807) is 23.2 Å². The molecule has 0 aliphatic rings. The molecule has 0 unspecified atom stereocenters. The number of nitrogens with zero attached hydrogens (tertiary/aromatic N) is 2. The zero-order valence-electron chi connectivity index (χ0n) is 8.74. The second-order valence-electron chi connectivity index (χ2n) is 2.90. The highest BCUT2D eigenvalue weighted by Gasteiger charge is 2.13. The molecule has 1 aromatic rings. The number of hydrogen-bond donors (Lipinski definition) is 0. The van der Waals surface area contributed by atoms with Crippen molar-refractivity contribution < 1.29 is 9.53 Å². The van der Waals surface area contributed by atoms with Crippen molar-refractivity contribution in [1.29, 1.82) is 0 Å². The Morgan fingerprint density at radius 2 is 2.40 bits per heavy atom. The number of carbonyl (C=O) groups excluding carboxylic acids is 1. The maximum Gasteiger partial charge on any atom is 0.325 e. The molecule has 82 valence electrons. The first kappa shape index (κ1) is 11.8. The molecule has 15 heavy (non-hydrogen) atoms. The van der Waals surface area contributed by atoms with Crippen LogP contribution in [0.25, 0.3) is 0 Å². The van der Waals surface area contributed by atoms with E-state index in [2.05, 4.69) is 9.72 Å². The number of rotatable bonds is 4. The summed E-state index contributed by atoms with van der Waals surface area (Å²) >= 11 is 5.97. The quantitative estimate of drug-likeness (QED) is 0.737. The molecule has 0 amide bonds. The van der Waals surface area contributed by atoms with Gasteiger partial charge in [-0.3, -0.25) is 4.79 Å². The van der Waals surface area contributed by atoms with E-state index in [1.807, 2.05) is 6.92 Å². The van der Waals surface area contributed by atoms with Gasteiger partial charge in [0.2, 0.25) is 0 Å². The normalized spacial score (nSPS) is 9.80. The SMILES string of the molecule is CCN(CC(=O)OC)c1ncccc1Cl. The lowest BCUT2D eigenvalue weighted by Crippen LogP contribution is -2.31. The van der Waals surface area contributed by atoms with Crippen LogP contribution >= 0.6 is 11.6 Å². The number of ether oxygens (including phenoxy) is 1. The summed E-state index contributed by atoms with van der Waals surface area (Å²) < 4.78 is 4.59. The van der Waals surface area contributed by atoms with Gasteiger partial charge in [0.1, 0.15) is 12.4 Å². The third kappa shape index (κ3) is 3.09. The minimum atomic E-state index is -0.307. The summed E-state index contributed by atoms with van der Waals surface area (Å²) in [5.41, 5.74) is 0. The molecule has 0 saturated heterocycles. The van der Waals surface area contributed by atoms with Gasteiger partial charge in [-0.25, -0.2) is 4.98 Å². The van der Waals surface area contributed by atoms with Gasteiger partial charge < -0.3 is 9.64 Å². The van der Waals surface area contributed by atoms with Crippen molar-refractivity contribution in [3.63, 3.8) is 0 Å². The summed E-state index contributed by atoms with van der Waals surface area (Å²) in [6.07, 6.45) is 1.64. The lowest BCUT2D eigenvalue weighted by molar-refractivity contribution is -0.138. The van der Waals surface area contributed by atoms with Crippen molar-refractivity contribution in [2.24, 2.45) is 0 Å². The Bertz CT molecular complexity index is 344. The second kappa shape index (κ2) is 5.56. The summed E-state index contributed by atoms with van der Waals surface area (Å²) in [5, 5.41) is 0.531. The number of likely N-dealkylation sites (N-methyl/N-ethyl adjacent to an activating group) is 1. The molecule has 0 radical (unpaired) electrons. The summed E-state index contributed by atoms with van der Waals surface area (Å²) in [5.74, 6) is 0.297. The Labute approximate surface area is 93.8 Å². The third-order valence-electron chi connectivity index (χ3n) is 1.97.